The molecular weight excluding hydrogens is 246 g/mol. The van der Waals surface area contributed by atoms with Crippen LogP contribution in [0.4, 0.5) is 5.13 Å². The Hall–Kier alpha value is -0.650. The van der Waals surface area contributed by atoms with Gasteiger partial charge in [0.1, 0.15) is 0 Å². The van der Waals surface area contributed by atoms with Gasteiger partial charge in [-0.15, -0.1) is 11.3 Å². The molecule has 1 aromatic rings. The van der Waals surface area contributed by atoms with Crippen molar-refractivity contribution in [3.63, 3.8) is 0 Å². The van der Waals surface area contributed by atoms with Gasteiger partial charge in [-0.1, -0.05) is 6.92 Å². The summed E-state index contributed by atoms with van der Waals surface area (Å²) in [7, 11) is 0. The minimum Gasteiger partial charge on any atom is -0.372 e. The normalized spacial score (nSPS) is 24.5. The Balaban J connectivity index is 1.92. The molecule has 0 aromatic carbocycles. The SMILES string of the molecule is CCCNCc1cnc(N2C[C@@H](C)O[C@@H](C)C2)s1. The Labute approximate surface area is 113 Å². The molecule has 2 atom stereocenters. The molecule has 0 radical (unpaired) electrons. The first kappa shape index (κ1) is 13.8. The number of ether oxygens (including phenoxy) is 1. The molecule has 1 aliphatic rings. The molecule has 18 heavy (non-hydrogen) atoms. The quantitative estimate of drug-likeness (QED) is 0.832. The fourth-order valence-corrected chi connectivity index (χ4v) is 3.15. The number of nitrogens with zero attached hydrogens (tertiary/aromatic N) is 2. The number of rotatable bonds is 5. The van der Waals surface area contributed by atoms with Crippen LogP contribution in [-0.2, 0) is 11.3 Å². The highest BCUT2D eigenvalue weighted by Crippen LogP contribution is 2.25. The van der Waals surface area contributed by atoms with Gasteiger partial charge in [-0.25, -0.2) is 4.98 Å². The number of morpholine rings is 1. The first-order valence-electron chi connectivity index (χ1n) is 6.75. The van der Waals surface area contributed by atoms with E-state index in [2.05, 4.69) is 36.0 Å². The van der Waals surface area contributed by atoms with Crippen molar-refractivity contribution >= 4 is 16.5 Å². The molecule has 1 aromatic heterocycles. The van der Waals surface area contributed by atoms with Crippen molar-refractivity contribution in [2.24, 2.45) is 0 Å². The van der Waals surface area contributed by atoms with E-state index in [4.69, 9.17) is 4.74 Å². The minimum atomic E-state index is 0.291. The van der Waals surface area contributed by atoms with Crippen LogP contribution in [0.3, 0.4) is 0 Å². The first-order chi connectivity index (χ1) is 8.69. The number of nitrogens with one attached hydrogen (secondary N) is 1. The Morgan fingerprint density at radius 3 is 2.83 bits per heavy atom. The Morgan fingerprint density at radius 1 is 1.44 bits per heavy atom. The highest BCUT2D eigenvalue weighted by atomic mass is 32.1. The average Bonchev–Trinajstić information content (AvgIpc) is 2.77. The van der Waals surface area contributed by atoms with Crippen LogP contribution >= 0.6 is 11.3 Å². The molecule has 1 aliphatic heterocycles. The topological polar surface area (TPSA) is 37.4 Å². The second kappa shape index (κ2) is 6.50. The molecule has 1 N–H and O–H groups in total. The summed E-state index contributed by atoms with van der Waals surface area (Å²) in [5.74, 6) is 0. The van der Waals surface area contributed by atoms with Crippen LogP contribution in [0.25, 0.3) is 0 Å². The third kappa shape index (κ3) is 3.67. The van der Waals surface area contributed by atoms with Crippen molar-refractivity contribution in [1.29, 1.82) is 0 Å². The lowest BCUT2D eigenvalue weighted by Gasteiger charge is -2.35. The van der Waals surface area contributed by atoms with Crippen LogP contribution in [0, 0.1) is 0 Å². The Morgan fingerprint density at radius 2 is 2.17 bits per heavy atom. The smallest absolute Gasteiger partial charge is 0.185 e. The molecule has 1 fully saturated rings. The average molecular weight is 269 g/mol. The number of thiazole rings is 1. The van der Waals surface area contributed by atoms with E-state index in [-0.39, 0.29) is 0 Å². The van der Waals surface area contributed by atoms with E-state index >= 15 is 0 Å². The van der Waals surface area contributed by atoms with Crippen LogP contribution in [0.15, 0.2) is 6.20 Å². The Kier molecular flexibility index (Phi) is 4.97. The van der Waals surface area contributed by atoms with Crippen molar-refractivity contribution in [1.82, 2.24) is 10.3 Å². The maximum atomic E-state index is 5.75. The van der Waals surface area contributed by atoms with Crippen molar-refractivity contribution in [3.8, 4) is 0 Å². The van der Waals surface area contributed by atoms with Gasteiger partial charge in [0.15, 0.2) is 5.13 Å². The van der Waals surface area contributed by atoms with Gasteiger partial charge in [0, 0.05) is 30.7 Å². The molecule has 0 bridgehead atoms. The second-order valence-corrected chi connectivity index (χ2v) is 6.04. The van der Waals surface area contributed by atoms with Crippen molar-refractivity contribution in [2.75, 3.05) is 24.5 Å². The number of anilines is 1. The van der Waals surface area contributed by atoms with Crippen molar-refractivity contribution in [2.45, 2.75) is 45.9 Å². The van der Waals surface area contributed by atoms with Gasteiger partial charge < -0.3 is 15.0 Å². The van der Waals surface area contributed by atoms with Gasteiger partial charge in [0.25, 0.3) is 0 Å². The van der Waals surface area contributed by atoms with E-state index in [1.165, 1.54) is 11.3 Å². The summed E-state index contributed by atoms with van der Waals surface area (Å²) in [5.41, 5.74) is 0. The standard InChI is InChI=1S/C13H23N3OS/c1-4-5-14-6-12-7-15-13(18-12)16-8-10(2)17-11(3)9-16/h7,10-11,14H,4-6,8-9H2,1-3H3/t10-,11+. The molecule has 2 heterocycles. The lowest BCUT2D eigenvalue weighted by molar-refractivity contribution is -0.00522. The Bertz CT molecular complexity index is 359. The summed E-state index contributed by atoms with van der Waals surface area (Å²) < 4.78 is 5.75. The van der Waals surface area contributed by atoms with Crippen LogP contribution in [-0.4, -0.2) is 36.8 Å². The van der Waals surface area contributed by atoms with Gasteiger partial charge in [0.05, 0.1) is 12.2 Å². The van der Waals surface area contributed by atoms with Crippen LogP contribution < -0.4 is 10.2 Å². The van der Waals surface area contributed by atoms with E-state index in [9.17, 15) is 0 Å². The zero-order valence-electron chi connectivity index (χ0n) is 11.5. The van der Waals surface area contributed by atoms with Gasteiger partial charge in [-0.05, 0) is 26.8 Å². The molecule has 0 unspecified atom stereocenters. The number of hydrogen-bond acceptors (Lipinski definition) is 5. The molecule has 1 saturated heterocycles. The molecule has 102 valence electrons. The van der Waals surface area contributed by atoms with Crippen LogP contribution in [0.2, 0.25) is 0 Å². The summed E-state index contributed by atoms with van der Waals surface area (Å²) in [4.78, 5) is 8.19. The third-order valence-electron chi connectivity index (χ3n) is 2.96. The molecule has 2 rings (SSSR count). The van der Waals surface area contributed by atoms with Crippen LogP contribution in [0.1, 0.15) is 32.1 Å². The monoisotopic (exact) mass is 269 g/mol. The summed E-state index contributed by atoms with van der Waals surface area (Å²) >= 11 is 1.79. The predicted octanol–water partition coefficient (Wildman–Crippen LogP) is 2.26. The zero-order chi connectivity index (χ0) is 13.0. The van der Waals surface area contributed by atoms with Crippen LogP contribution in [0.5, 0.6) is 0 Å². The number of hydrogen-bond donors (Lipinski definition) is 1. The molecule has 0 aliphatic carbocycles. The second-order valence-electron chi connectivity index (χ2n) is 4.95. The van der Waals surface area contributed by atoms with Gasteiger partial charge in [0.2, 0.25) is 0 Å². The van der Waals surface area contributed by atoms with Crippen molar-refractivity contribution < 1.29 is 4.74 Å². The van der Waals surface area contributed by atoms with Gasteiger partial charge in [-0.3, -0.25) is 0 Å². The van der Waals surface area contributed by atoms with E-state index in [0.29, 0.717) is 12.2 Å². The maximum absolute atomic E-state index is 5.75. The molecule has 5 heteroatoms. The number of aromatic nitrogens is 1. The predicted molar refractivity (Wildman–Crippen MR) is 76.3 cm³/mol. The van der Waals surface area contributed by atoms with Gasteiger partial charge >= 0.3 is 0 Å². The summed E-state index contributed by atoms with van der Waals surface area (Å²) in [6, 6.07) is 0. The maximum Gasteiger partial charge on any atom is 0.185 e. The van der Waals surface area contributed by atoms with E-state index < -0.39 is 0 Å². The molecule has 0 amide bonds. The molecule has 0 spiro atoms. The summed E-state index contributed by atoms with van der Waals surface area (Å²) in [5, 5.41) is 4.54. The molecule has 0 saturated carbocycles. The van der Waals surface area contributed by atoms with Crippen molar-refractivity contribution in [3.05, 3.63) is 11.1 Å². The third-order valence-corrected chi connectivity index (χ3v) is 4.02. The van der Waals surface area contributed by atoms with E-state index in [1.807, 2.05) is 6.20 Å². The fraction of sp³-hybridized carbons (Fsp3) is 0.769. The molecule has 4 nitrogen and oxygen atoms in total. The van der Waals surface area contributed by atoms with Gasteiger partial charge in [-0.2, -0.15) is 0 Å². The van der Waals surface area contributed by atoms with E-state index in [0.717, 1.165) is 31.3 Å². The largest absolute Gasteiger partial charge is 0.372 e. The summed E-state index contributed by atoms with van der Waals surface area (Å²) in [6.07, 6.45) is 3.75. The highest BCUT2D eigenvalue weighted by Gasteiger charge is 2.24. The first-order valence-corrected chi connectivity index (χ1v) is 7.56. The zero-order valence-corrected chi connectivity index (χ0v) is 12.3. The summed E-state index contributed by atoms with van der Waals surface area (Å²) in [6.45, 7) is 10.3. The molecular formula is C13H23N3OS. The lowest BCUT2D eigenvalue weighted by atomic mass is 10.2. The minimum absolute atomic E-state index is 0.291. The lowest BCUT2D eigenvalue weighted by Crippen LogP contribution is -2.45. The fourth-order valence-electron chi connectivity index (χ4n) is 2.25. The highest BCUT2D eigenvalue weighted by molar-refractivity contribution is 7.15. The van der Waals surface area contributed by atoms with E-state index in [1.54, 1.807) is 11.3 Å².